The van der Waals surface area contributed by atoms with Crippen molar-refractivity contribution in [1.82, 2.24) is 10.2 Å². The zero-order chi connectivity index (χ0) is 27.3. The Labute approximate surface area is 230 Å². The molecule has 202 valence electrons. The monoisotopic (exact) mass is 567 g/mol. The number of hydrogen-bond donors (Lipinski definition) is 1. The fraction of sp³-hybridized carbons (Fsp3) is 0.481. The largest absolute Gasteiger partial charge is 0.352 e. The molecule has 1 saturated carbocycles. The highest BCUT2D eigenvalue weighted by Gasteiger charge is 2.31. The number of amides is 2. The smallest absolute Gasteiger partial charge is 0.244 e. The molecule has 2 amide bonds. The Morgan fingerprint density at radius 2 is 1.68 bits per heavy atom. The highest BCUT2D eigenvalue weighted by atomic mass is 35.5. The van der Waals surface area contributed by atoms with Gasteiger partial charge in [-0.1, -0.05) is 54.6 Å². The maximum Gasteiger partial charge on any atom is 0.244 e. The fourth-order valence-corrected chi connectivity index (χ4v) is 5.64. The van der Waals surface area contributed by atoms with Crippen LogP contribution in [-0.4, -0.2) is 50.0 Å². The molecule has 1 N–H and O–H groups in total. The van der Waals surface area contributed by atoms with E-state index >= 15 is 0 Å². The normalized spacial score (nSPS) is 15.2. The fourth-order valence-electron chi connectivity index (χ4n) is 4.48. The minimum Gasteiger partial charge on any atom is -0.352 e. The molecule has 7 nitrogen and oxygen atoms in total. The van der Waals surface area contributed by atoms with Gasteiger partial charge in [0.2, 0.25) is 21.8 Å². The van der Waals surface area contributed by atoms with Gasteiger partial charge in [0, 0.05) is 12.6 Å². The van der Waals surface area contributed by atoms with E-state index in [9.17, 15) is 18.0 Å². The minimum absolute atomic E-state index is 0.0690. The van der Waals surface area contributed by atoms with Crippen molar-refractivity contribution in [3.8, 4) is 0 Å². The number of nitrogens with zero attached hydrogens (tertiary/aromatic N) is 2. The van der Waals surface area contributed by atoms with Crippen molar-refractivity contribution < 1.29 is 18.0 Å². The first-order chi connectivity index (χ1) is 17.4. The molecule has 2 aromatic rings. The molecule has 0 aliphatic heterocycles. The number of rotatable bonds is 9. The molecule has 0 spiro atoms. The molecule has 0 aromatic heterocycles. The predicted octanol–water partition coefficient (Wildman–Crippen LogP) is 5.24. The summed E-state index contributed by atoms with van der Waals surface area (Å²) in [5.41, 5.74) is 2.99. The molecule has 37 heavy (non-hydrogen) atoms. The molecule has 0 heterocycles. The Kier molecular flexibility index (Phi) is 9.89. The summed E-state index contributed by atoms with van der Waals surface area (Å²) < 4.78 is 26.6. The number of aryl methyl sites for hydroxylation is 2. The van der Waals surface area contributed by atoms with Gasteiger partial charge in [0.25, 0.3) is 0 Å². The van der Waals surface area contributed by atoms with E-state index in [1.54, 1.807) is 37.3 Å². The molecule has 2 aromatic carbocycles. The van der Waals surface area contributed by atoms with Crippen molar-refractivity contribution in [1.29, 1.82) is 0 Å². The van der Waals surface area contributed by atoms with Gasteiger partial charge < -0.3 is 10.2 Å². The van der Waals surface area contributed by atoms with Gasteiger partial charge in [0.05, 0.1) is 22.0 Å². The average molecular weight is 569 g/mol. The second kappa shape index (κ2) is 12.5. The third-order valence-electron chi connectivity index (χ3n) is 6.91. The number of sulfonamides is 1. The molecule has 1 atom stereocenters. The van der Waals surface area contributed by atoms with E-state index in [1.165, 1.54) is 4.90 Å². The molecule has 3 rings (SSSR count). The zero-order valence-corrected chi connectivity index (χ0v) is 24.1. The number of anilines is 1. The van der Waals surface area contributed by atoms with Crippen LogP contribution in [0.4, 0.5) is 5.69 Å². The van der Waals surface area contributed by atoms with Crippen LogP contribution in [0.3, 0.4) is 0 Å². The molecule has 0 saturated heterocycles. The number of carbonyl (C=O) groups is 2. The van der Waals surface area contributed by atoms with Crippen LogP contribution in [-0.2, 0) is 26.2 Å². The summed E-state index contributed by atoms with van der Waals surface area (Å²) >= 11 is 12.3. The molecule has 0 radical (unpaired) electrons. The van der Waals surface area contributed by atoms with Crippen molar-refractivity contribution in [2.75, 3.05) is 17.1 Å². The lowest BCUT2D eigenvalue weighted by molar-refractivity contribution is -0.139. The number of halogens is 2. The SMILES string of the molecule is Cc1ccc(N(CC(=O)N(Cc2ccc(Cl)c(Cl)c2)[C@H](C)C(=O)NC2CCCCC2)S(C)(=O)=O)cc1C. The minimum atomic E-state index is -3.78. The highest BCUT2D eigenvalue weighted by Crippen LogP contribution is 2.25. The second-order valence-electron chi connectivity index (χ2n) is 9.83. The third kappa shape index (κ3) is 7.85. The third-order valence-corrected chi connectivity index (χ3v) is 8.79. The van der Waals surface area contributed by atoms with Crippen LogP contribution in [0.25, 0.3) is 0 Å². The Balaban J connectivity index is 1.90. The molecular formula is C27H35Cl2N3O4S. The van der Waals surface area contributed by atoms with Gasteiger partial charge in [-0.3, -0.25) is 13.9 Å². The molecule has 0 bridgehead atoms. The van der Waals surface area contributed by atoms with Gasteiger partial charge in [0.15, 0.2) is 0 Å². The second-order valence-corrected chi connectivity index (χ2v) is 12.5. The molecule has 1 aliphatic rings. The maximum atomic E-state index is 13.7. The first-order valence-corrected chi connectivity index (χ1v) is 15.1. The lowest BCUT2D eigenvalue weighted by Crippen LogP contribution is -2.53. The summed E-state index contributed by atoms with van der Waals surface area (Å²) in [7, 11) is -3.78. The van der Waals surface area contributed by atoms with Gasteiger partial charge in [0.1, 0.15) is 12.6 Å². The van der Waals surface area contributed by atoms with Crippen LogP contribution in [0.15, 0.2) is 36.4 Å². The Morgan fingerprint density at radius 1 is 1.00 bits per heavy atom. The number of nitrogens with one attached hydrogen (secondary N) is 1. The lowest BCUT2D eigenvalue weighted by Gasteiger charge is -2.33. The van der Waals surface area contributed by atoms with Crippen molar-refractivity contribution in [3.05, 3.63) is 63.1 Å². The molecule has 1 fully saturated rings. The first-order valence-electron chi connectivity index (χ1n) is 12.5. The summed E-state index contributed by atoms with van der Waals surface area (Å²) in [5, 5.41) is 3.79. The Morgan fingerprint density at radius 3 is 2.27 bits per heavy atom. The van der Waals surface area contributed by atoms with Crippen LogP contribution < -0.4 is 9.62 Å². The van der Waals surface area contributed by atoms with E-state index in [2.05, 4.69) is 5.32 Å². The van der Waals surface area contributed by atoms with E-state index in [-0.39, 0.29) is 18.5 Å². The summed E-state index contributed by atoms with van der Waals surface area (Å²) in [6.45, 7) is 5.10. The summed E-state index contributed by atoms with van der Waals surface area (Å²) in [5.74, 6) is -0.765. The van der Waals surface area contributed by atoms with Gasteiger partial charge in [-0.2, -0.15) is 0 Å². The van der Waals surface area contributed by atoms with Crippen LogP contribution in [0.5, 0.6) is 0 Å². The number of benzene rings is 2. The Hall–Kier alpha value is -2.29. The van der Waals surface area contributed by atoms with Crippen molar-refractivity contribution in [2.24, 2.45) is 0 Å². The Bertz CT molecular complexity index is 1250. The molecular weight excluding hydrogens is 533 g/mol. The van der Waals surface area contributed by atoms with E-state index in [4.69, 9.17) is 23.2 Å². The van der Waals surface area contributed by atoms with E-state index in [0.717, 1.165) is 53.8 Å². The van der Waals surface area contributed by atoms with Gasteiger partial charge >= 0.3 is 0 Å². The van der Waals surface area contributed by atoms with Crippen LogP contribution in [0.1, 0.15) is 55.7 Å². The lowest BCUT2D eigenvalue weighted by atomic mass is 9.95. The first kappa shape index (κ1) is 29.3. The number of carbonyl (C=O) groups excluding carboxylic acids is 2. The van der Waals surface area contributed by atoms with Crippen LogP contribution in [0.2, 0.25) is 10.0 Å². The standard InChI is InChI=1S/C27H35Cl2N3O4S/c1-18-10-12-23(14-19(18)2)32(37(4,35)36)17-26(33)31(16-21-11-13-24(28)25(29)15-21)20(3)27(34)30-22-8-6-5-7-9-22/h10-15,20,22H,5-9,16-17H2,1-4H3,(H,30,34)/t20-/m1/s1. The molecule has 1 aliphatic carbocycles. The van der Waals surface area contributed by atoms with E-state index in [1.807, 2.05) is 19.9 Å². The summed E-state index contributed by atoms with van der Waals surface area (Å²) in [6.07, 6.45) is 6.17. The maximum absolute atomic E-state index is 13.7. The summed E-state index contributed by atoms with van der Waals surface area (Å²) in [4.78, 5) is 28.3. The number of hydrogen-bond acceptors (Lipinski definition) is 4. The predicted molar refractivity (Wildman–Crippen MR) is 150 cm³/mol. The average Bonchev–Trinajstić information content (AvgIpc) is 2.84. The van der Waals surface area contributed by atoms with Crippen molar-refractivity contribution >= 4 is 50.7 Å². The van der Waals surface area contributed by atoms with E-state index < -0.39 is 28.5 Å². The van der Waals surface area contributed by atoms with Crippen molar-refractivity contribution in [2.45, 2.75) is 71.5 Å². The highest BCUT2D eigenvalue weighted by molar-refractivity contribution is 7.92. The molecule has 10 heteroatoms. The van der Waals surface area contributed by atoms with Gasteiger partial charge in [-0.05, 0) is 74.6 Å². The zero-order valence-electron chi connectivity index (χ0n) is 21.8. The summed E-state index contributed by atoms with van der Waals surface area (Å²) in [6, 6.07) is 9.50. The van der Waals surface area contributed by atoms with Crippen LogP contribution >= 0.6 is 23.2 Å². The van der Waals surface area contributed by atoms with Crippen molar-refractivity contribution in [3.63, 3.8) is 0 Å². The molecule has 0 unspecified atom stereocenters. The topological polar surface area (TPSA) is 86.8 Å². The van der Waals surface area contributed by atoms with E-state index in [0.29, 0.717) is 21.3 Å². The van der Waals surface area contributed by atoms with Crippen LogP contribution in [0, 0.1) is 13.8 Å². The van der Waals surface area contributed by atoms with Gasteiger partial charge in [-0.25, -0.2) is 8.42 Å². The quantitative estimate of drug-likeness (QED) is 0.448. The van der Waals surface area contributed by atoms with Gasteiger partial charge in [-0.15, -0.1) is 0 Å².